The Bertz CT molecular complexity index is 1180. The van der Waals surface area contributed by atoms with Gasteiger partial charge in [0.2, 0.25) is 5.91 Å². The van der Waals surface area contributed by atoms with Crippen LogP contribution in [0.25, 0.3) is 5.69 Å². The van der Waals surface area contributed by atoms with Gasteiger partial charge in [-0.1, -0.05) is 17.3 Å². The molecule has 10 heteroatoms. The summed E-state index contributed by atoms with van der Waals surface area (Å²) >= 11 is 1.28. The number of hydrogen-bond acceptors (Lipinski definition) is 8. The van der Waals surface area contributed by atoms with E-state index in [-0.39, 0.29) is 30.7 Å². The number of thiophene rings is 1. The summed E-state index contributed by atoms with van der Waals surface area (Å²) in [6.45, 7) is -0.191. The van der Waals surface area contributed by atoms with Gasteiger partial charge in [0.1, 0.15) is 10.6 Å². The summed E-state index contributed by atoms with van der Waals surface area (Å²) in [6, 6.07) is 12.6. The second-order valence-electron chi connectivity index (χ2n) is 6.33. The number of rotatable bonds is 8. The van der Waals surface area contributed by atoms with Crippen molar-refractivity contribution in [2.24, 2.45) is 0 Å². The van der Waals surface area contributed by atoms with Gasteiger partial charge in [-0.15, -0.1) is 11.3 Å². The fraction of sp³-hybridized carbons (Fsp3) is 0.143. The minimum absolute atomic E-state index is 0.0990. The average molecular weight is 438 g/mol. The first-order chi connectivity index (χ1) is 15.1. The molecule has 0 atom stereocenters. The molecule has 1 aromatic carbocycles. The van der Waals surface area contributed by atoms with Crippen LogP contribution in [0.15, 0.2) is 64.8 Å². The number of nitrogens with one attached hydrogen (secondary N) is 1. The van der Waals surface area contributed by atoms with E-state index in [4.69, 9.17) is 14.0 Å². The molecule has 1 N–H and O–H groups in total. The third-order valence-corrected chi connectivity index (χ3v) is 5.13. The second kappa shape index (κ2) is 9.26. The van der Waals surface area contributed by atoms with Crippen molar-refractivity contribution in [1.82, 2.24) is 14.7 Å². The van der Waals surface area contributed by atoms with E-state index in [2.05, 4.69) is 15.5 Å². The van der Waals surface area contributed by atoms with Crippen molar-refractivity contribution in [2.75, 3.05) is 12.4 Å². The topological polar surface area (TPSA) is 108 Å². The van der Waals surface area contributed by atoms with Crippen molar-refractivity contribution in [3.05, 3.63) is 76.8 Å². The number of methoxy groups -OCH3 is 1. The summed E-state index contributed by atoms with van der Waals surface area (Å²) in [5, 5.41) is 8.32. The number of anilines is 1. The molecule has 9 nitrogen and oxygen atoms in total. The van der Waals surface area contributed by atoms with Crippen molar-refractivity contribution in [3.8, 4) is 11.4 Å². The molecule has 31 heavy (non-hydrogen) atoms. The number of benzene rings is 1. The van der Waals surface area contributed by atoms with Crippen LogP contribution >= 0.6 is 11.3 Å². The Morgan fingerprint density at radius 1 is 1.16 bits per heavy atom. The van der Waals surface area contributed by atoms with E-state index in [0.29, 0.717) is 16.3 Å². The molecule has 0 radical (unpaired) electrons. The lowest BCUT2D eigenvalue weighted by Gasteiger charge is -2.08. The number of ether oxygens (including phenoxy) is 2. The lowest BCUT2D eigenvalue weighted by molar-refractivity contribution is -0.115. The van der Waals surface area contributed by atoms with Crippen molar-refractivity contribution in [3.63, 3.8) is 0 Å². The first-order valence-electron chi connectivity index (χ1n) is 9.26. The van der Waals surface area contributed by atoms with Gasteiger partial charge in [-0.25, -0.2) is 4.79 Å². The molecule has 4 rings (SSSR count). The molecular weight excluding hydrogens is 420 g/mol. The van der Waals surface area contributed by atoms with Crippen molar-refractivity contribution >= 4 is 28.9 Å². The van der Waals surface area contributed by atoms with Gasteiger partial charge in [0.05, 0.1) is 24.9 Å². The smallest absolute Gasteiger partial charge is 0.350 e. The zero-order chi connectivity index (χ0) is 21.6. The van der Waals surface area contributed by atoms with Crippen LogP contribution in [0.1, 0.15) is 21.4 Å². The standard InChI is InChI=1S/C21H18N4O5S/c1-28-16-7-3-2-6-14(16)22-18(26)12-17-23-19(30-24-17)13-29-21(27)20-15(8-11-31-20)25-9-4-5-10-25/h2-11H,12-13H2,1H3,(H,22,26). The number of aromatic nitrogens is 3. The molecule has 158 valence electrons. The van der Waals surface area contributed by atoms with Gasteiger partial charge in [-0.3, -0.25) is 4.79 Å². The molecule has 0 spiro atoms. The van der Waals surface area contributed by atoms with Crippen LogP contribution in [-0.2, 0) is 22.6 Å². The number of carbonyl (C=O) groups is 2. The molecule has 0 unspecified atom stereocenters. The van der Waals surface area contributed by atoms with Gasteiger partial charge in [0.25, 0.3) is 5.89 Å². The van der Waals surface area contributed by atoms with E-state index in [1.54, 1.807) is 24.3 Å². The number of amides is 1. The van der Waals surface area contributed by atoms with Gasteiger partial charge in [-0.2, -0.15) is 4.98 Å². The number of hydrogen-bond donors (Lipinski definition) is 1. The fourth-order valence-corrected chi connectivity index (χ4v) is 3.64. The maximum atomic E-state index is 12.5. The maximum Gasteiger partial charge on any atom is 0.350 e. The molecule has 0 bridgehead atoms. The minimum atomic E-state index is -0.493. The van der Waals surface area contributed by atoms with Crippen LogP contribution in [0.2, 0.25) is 0 Å². The zero-order valence-electron chi connectivity index (χ0n) is 16.5. The molecule has 3 heterocycles. The van der Waals surface area contributed by atoms with E-state index in [0.717, 1.165) is 5.69 Å². The highest BCUT2D eigenvalue weighted by Gasteiger charge is 2.18. The largest absolute Gasteiger partial charge is 0.495 e. The number of carbonyl (C=O) groups excluding carboxylic acids is 2. The summed E-state index contributed by atoms with van der Waals surface area (Å²) in [6.07, 6.45) is 3.59. The Morgan fingerprint density at radius 2 is 1.97 bits per heavy atom. The number of nitrogens with zero attached hydrogens (tertiary/aromatic N) is 3. The molecule has 1 amide bonds. The summed E-state index contributed by atoms with van der Waals surface area (Å²) in [4.78, 5) is 29.3. The molecule has 0 saturated carbocycles. The lowest BCUT2D eigenvalue weighted by atomic mass is 10.2. The normalized spacial score (nSPS) is 10.6. The predicted octanol–water partition coefficient (Wildman–Crippen LogP) is 3.47. The van der Waals surface area contributed by atoms with E-state index in [1.807, 2.05) is 40.5 Å². The number of para-hydroxylation sites is 2. The van der Waals surface area contributed by atoms with Gasteiger partial charge in [0, 0.05) is 12.4 Å². The summed E-state index contributed by atoms with van der Waals surface area (Å²) in [7, 11) is 1.52. The quantitative estimate of drug-likeness (QED) is 0.420. The molecule has 4 aromatic rings. The molecule has 3 aromatic heterocycles. The van der Waals surface area contributed by atoms with E-state index >= 15 is 0 Å². The van der Waals surface area contributed by atoms with E-state index < -0.39 is 5.97 Å². The molecule has 0 saturated heterocycles. The summed E-state index contributed by atoms with van der Waals surface area (Å²) < 4.78 is 17.4. The first kappa shape index (κ1) is 20.4. The van der Waals surface area contributed by atoms with Crippen LogP contribution in [0, 0.1) is 0 Å². The molecule has 0 aliphatic rings. The van der Waals surface area contributed by atoms with Crippen LogP contribution in [0.4, 0.5) is 5.69 Å². The predicted molar refractivity (Wildman–Crippen MR) is 112 cm³/mol. The summed E-state index contributed by atoms with van der Waals surface area (Å²) in [5.41, 5.74) is 1.28. The highest BCUT2D eigenvalue weighted by atomic mass is 32.1. The first-order valence-corrected chi connectivity index (χ1v) is 10.1. The molecular formula is C21H18N4O5S. The maximum absolute atomic E-state index is 12.5. The SMILES string of the molecule is COc1ccccc1NC(=O)Cc1noc(COC(=O)c2sccc2-n2cccc2)n1. The highest BCUT2D eigenvalue weighted by Crippen LogP contribution is 2.24. The Balaban J connectivity index is 1.33. The zero-order valence-corrected chi connectivity index (χ0v) is 17.3. The average Bonchev–Trinajstić information content (AvgIpc) is 3.53. The fourth-order valence-electron chi connectivity index (χ4n) is 2.85. The summed E-state index contributed by atoms with van der Waals surface area (Å²) in [5.74, 6) is 0.00990. The van der Waals surface area contributed by atoms with E-state index in [1.165, 1.54) is 18.4 Å². The Hall–Kier alpha value is -3.92. The molecule has 0 fully saturated rings. The second-order valence-corrected chi connectivity index (χ2v) is 7.25. The third kappa shape index (κ3) is 4.81. The molecule has 0 aliphatic carbocycles. The highest BCUT2D eigenvalue weighted by molar-refractivity contribution is 7.12. The van der Waals surface area contributed by atoms with Crippen molar-refractivity contribution in [1.29, 1.82) is 0 Å². The Kier molecular flexibility index (Phi) is 6.08. The molecule has 0 aliphatic heterocycles. The van der Waals surface area contributed by atoms with Gasteiger partial charge >= 0.3 is 5.97 Å². The van der Waals surface area contributed by atoms with Crippen molar-refractivity contribution in [2.45, 2.75) is 13.0 Å². The van der Waals surface area contributed by atoms with Gasteiger partial charge in [0.15, 0.2) is 12.4 Å². The van der Waals surface area contributed by atoms with Crippen LogP contribution in [0.5, 0.6) is 5.75 Å². The van der Waals surface area contributed by atoms with Crippen LogP contribution in [-0.4, -0.2) is 33.7 Å². The third-order valence-electron chi connectivity index (χ3n) is 4.25. The lowest BCUT2D eigenvalue weighted by Crippen LogP contribution is -2.15. The Morgan fingerprint density at radius 3 is 2.77 bits per heavy atom. The van der Waals surface area contributed by atoms with E-state index in [9.17, 15) is 9.59 Å². The van der Waals surface area contributed by atoms with Gasteiger partial charge < -0.3 is 23.9 Å². The van der Waals surface area contributed by atoms with Gasteiger partial charge in [-0.05, 0) is 35.7 Å². The Labute approximate surface area is 181 Å². The van der Waals surface area contributed by atoms with Crippen LogP contribution < -0.4 is 10.1 Å². The van der Waals surface area contributed by atoms with Crippen molar-refractivity contribution < 1.29 is 23.6 Å². The number of esters is 1. The monoisotopic (exact) mass is 438 g/mol. The van der Waals surface area contributed by atoms with Crippen LogP contribution in [0.3, 0.4) is 0 Å². The minimum Gasteiger partial charge on any atom is -0.495 e.